The normalized spacial score (nSPS) is 20.7. The first kappa shape index (κ1) is 30.6. The summed E-state index contributed by atoms with van der Waals surface area (Å²) < 4.78 is 0. The average Bonchev–Trinajstić information content (AvgIpc) is 3.29. The van der Waals surface area contributed by atoms with E-state index >= 15 is 0 Å². The van der Waals surface area contributed by atoms with Gasteiger partial charge in [-0.2, -0.15) is 0 Å². The van der Waals surface area contributed by atoms with Crippen LogP contribution in [0.2, 0.25) is 5.02 Å². The predicted octanol–water partition coefficient (Wildman–Crippen LogP) is 1.90. The van der Waals surface area contributed by atoms with E-state index in [1.54, 1.807) is 20.2 Å². The zero-order chi connectivity index (χ0) is 27.6. The molecule has 2 heterocycles. The lowest BCUT2D eigenvalue weighted by molar-refractivity contribution is -0.137. The fourth-order valence-electron chi connectivity index (χ4n) is 4.80. The Bertz CT molecular complexity index is 1260. The summed E-state index contributed by atoms with van der Waals surface area (Å²) in [6.45, 7) is 1.63. The van der Waals surface area contributed by atoms with Crippen molar-refractivity contribution in [2.24, 2.45) is 5.92 Å². The second-order valence-corrected chi connectivity index (χ2v) is 11.5. The minimum absolute atomic E-state index is 0. The average molecular weight is 599 g/mol. The summed E-state index contributed by atoms with van der Waals surface area (Å²) >= 11 is 7.26. The topological polar surface area (TPSA) is 150 Å². The van der Waals surface area contributed by atoms with Gasteiger partial charge in [0.25, 0.3) is 5.91 Å². The van der Waals surface area contributed by atoms with Crippen molar-refractivity contribution in [1.82, 2.24) is 25.4 Å². The van der Waals surface area contributed by atoms with E-state index in [2.05, 4.69) is 25.8 Å². The zero-order valence-electron chi connectivity index (χ0n) is 22.0. The lowest BCUT2D eigenvalue weighted by Crippen LogP contribution is -2.57. The molecular formula is C25H33Cl2N7O4S. The number of fused-ring (bicyclic) bond motifs is 1. The summed E-state index contributed by atoms with van der Waals surface area (Å²) in [5.41, 5.74) is 7.30. The van der Waals surface area contributed by atoms with Crippen LogP contribution in [0.5, 0.6) is 0 Å². The van der Waals surface area contributed by atoms with Gasteiger partial charge in [-0.25, -0.2) is 4.98 Å². The molecule has 0 spiro atoms. The summed E-state index contributed by atoms with van der Waals surface area (Å²) in [6.07, 6.45) is 2.03. The van der Waals surface area contributed by atoms with Crippen molar-refractivity contribution in [3.8, 4) is 0 Å². The highest BCUT2D eigenvalue weighted by atomic mass is 35.5. The first-order valence-electron chi connectivity index (χ1n) is 12.4. The number of rotatable bonds is 5. The maximum absolute atomic E-state index is 13.2. The third-order valence-corrected chi connectivity index (χ3v) is 8.17. The molecule has 0 saturated heterocycles. The van der Waals surface area contributed by atoms with Gasteiger partial charge in [-0.1, -0.05) is 11.6 Å². The summed E-state index contributed by atoms with van der Waals surface area (Å²) in [4.78, 5) is 60.6. The number of carbonyl (C=O) groups is 4. The van der Waals surface area contributed by atoms with Gasteiger partial charge in [-0.15, -0.1) is 23.7 Å². The first-order valence-corrected chi connectivity index (χ1v) is 13.6. The van der Waals surface area contributed by atoms with Gasteiger partial charge in [-0.05, 0) is 44.5 Å². The molecule has 2 aliphatic rings. The molecule has 1 aromatic heterocycles. The molecule has 1 aliphatic heterocycles. The molecule has 3 atom stereocenters. The minimum Gasteiger partial charge on any atom is -0.397 e. The van der Waals surface area contributed by atoms with Crippen LogP contribution in [0.4, 0.5) is 11.4 Å². The SMILES string of the molecule is CN1CCc2nc(C(=O)N[C@@H]3C[C@@H](C(=O)N(C)C)CC[C@@H]3NC(=O)C(=O)Nc3ccc(Cl)cc3N)sc2C1.Cl. The van der Waals surface area contributed by atoms with Gasteiger partial charge >= 0.3 is 11.8 Å². The van der Waals surface area contributed by atoms with E-state index < -0.39 is 23.9 Å². The lowest BCUT2D eigenvalue weighted by Gasteiger charge is -2.37. The Morgan fingerprint density at radius 2 is 1.87 bits per heavy atom. The Kier molecular flexibility index (Phi) is 10.2. The number of nitrogen functional groups attached to an aromatic ring is 1. The number of likely N-dealkylation sites (N-methyl/N-ethyl adjacent to an activating group) is 1. The second kappa shape index (κ2) is 12.9. The number of benzene rings is 1. The number of hydrogen-bond donors (Lipinski definition) is 4. The molecule has 4 rings (SSSR count). The number of aromatic nitrogens is 1. The second-order valence-electron chi connectivity index (χ2n) is 9.96. The number of nitrogens with zero attached hydrogens (tertiary/aromatic N) is 3. The highest BCUT2D eigenvalue weighted by Crippen LogP contribution is 2.29. The minimum atomic E-state index is -0.896. The summed E-state index contributed by atoms with van der Waals surface area (Å²) in [7, 11) is 5.40. The first-order chi connectivity index (χ1) is 18.0. The number of halogens is 2. The van der Waals surface area contributed by atoms with Crippen LogP contribution < -0.4 is 21.7 Å². The quantitative estimate of drug-likeness (QED) is 0.303. The van der Waals surface area contributed by atoms with Crippen molar-refractivity contribution >= 4 is 70.3 Å². The molecule has 1 fully saturated rings. The van der Waals surface area contributed by atoms with E-state index in [0.717, 1.165) is 30.1 Å². The summed E-state index contributed by atoms with van der Waals surface area (Å²) in [6, 6.07) is 3.42. The Morgan fingerprint density at radius 1 is 1.13 bits per heavy atom. The molecule has 0 unspecified atom stereocenters. The smallest absolute Gasteiger partial charge is 0.313 e. The molecule has 212 valence electrons. The van der Waals surface area contributed by atoms with Gasteiger partial charge in [0.1, 0.15) is 0 Å². The molecule has 5 N–H and O–H groups in total. The molecule has 4 amide bonds. The van der Waals surface area contributed by atoms with Crippen LogP contribution in [0.3, 0.4) is 0 Å². The van der Waals surface area contributed by atoms with Gasteiger partial charge in [0, 0.05) is 55.5 Å². The van der Waals surface area contributed by atoms with Crippen LogP contribution in [-0.2, 0) is 27.3 Å². The van der Waals surface area contributed by atoms with Gasteiger partial charge in [0.2, 0.25) is 5.91 Å². The molecule has 39 heavy (non-hydrogen) atoms. The Balaban J connectivity index is 0.00000420. The number of anilines is 2. The van der Waals surface area contributed by atoms with Crippen LogP contribution >= 0.6 is 35.3 Å². The fraction of sp³-hybridized carbons (Fsp3) is 0.480. The van der Waals surface area contributed by atoms with E-state index in [0.29, 0.717) is 29.3 Å². The van der Waals surface area contributed by atoms with Crippen LogP contribution in [0.15, 0.2) is 18.2 Å². The highest BCUT2D eigenvalue weighted by molar-refractivity contribution is 7.13. The van der Waals surface area contributed by atoms with Gasteiger partial charge in [-0.3, -0.25) is 19.2 Å². The molecule has 0 bridgehead atoms. The number of thiazole rings is 1. The van der Waals surface area contributed by atoms with Crippen molar-refractivity contribution in [1.29, 1.82) is 0 Å². The summed E-state index contributed by atoms with van der Waals surface area (Å²) in [5.74, 6) is -2.48. The van der Waals surface area contributed by atoms with Crippen LogP contribution in [-0.4, -0.2) is 78.2 Å². The Morgan fingerprint density at radius 3 is 2.56 bits per heavy atom. The van der Waals surface area contributed by atoms with Gasteiger partial charge < -0.3 is 31.5 Å². The standard InChI is InChI=1S/C25H32ClN7O4S.ClH/c1-32(2)25(37)13-4-6-17(29-22(35)21(34)28-16-7-5-14(26)11-15(16)27)19(10-13)30-23(36)24-31-18-8-9-33(3)12-20(18)38-24;/h5,7,11,13,17,19H,4,6,8-10,12,27H2,1-3H3,(H,28,34)(H,29,35)(H,30,36);1H/t13-,17-,19+;/m0./s1. The van der Waals surface area contributed by atoms with Crippen molar-refractivity contribution in [3.63, 3.8) is 0 Å². The maximum atomic E-state index is 13.2. The van der Waals surface area contributed by atoms with Crippen molar-refractivity contribution in [2.75, 3.05) is 38.7 Å². The summed E-state index contributed by atoms with van der Waals surface area (Å²) in [5, 5.41) is 8.97. The number of nitrogens with two attached hydrogens (primary N) is 1. The number of carbonyl (C=O) groups excluding carboxylic acids is 4. The fourth-order valence-corrected chi connectivity index (χ4v) is 6.07. The zero-order valence-corrected chi connectivity index (χ0v) is 24.3. The number of amides is 4. The molecule has 1 saturated carbocycles. The molecular weight excluding hydrogens is 565 g/mol. The third-order valence-electron chi connectivity index (χ3n) is 6.86. The molecule has 1 aliphatic carbocycles. The van der Waals surface area contributed by atoms with E-state index in [4.69, 9.17) is 17.3 Å². The van der Waals surface area contributed by atoms with Crippen molar-refractivity contribution in [2.45, 2.75) is 44.3 Å². The molecule has 14 heteroatoms. The predicted molar refractivity (Wildman–Crippen MR) is 153 cm³/mol. The molecule has 11 nitrogen and oxygen atoms in total. The number of nitrogens with one attached hydrogen (secondary N) is 3. The monoisotopic (exact) mass is 597 g/mol. The Hall–Kier alpha value is -2.93. The van der Waals surface area contributed by atoms with Gasteiger partial charge in [0.15, 0.2) is 5.01 Å². The maximum Gasteiger partial charge on any atom is 0.313 e. The van der Waals surface area contributed by atoms with E-state index in [-0.39, 0.29) is 41.5 Å². The van der Waals surface area contributed by atoms with E-state index in [9.17, 15) is 19.2 Å². The van der Waals surface area contributed by atoms with Crippen LogP contribution in [0.25, 0.3) is 0 Å². The van der Waals surface area contributed by atoms with E-state index in [1.807, 2.05) is 7.05 Å². The van der Waals surface area contributed by atoms with E-state index in [1.165, 1.54) is 28.4 Å². The van der Waals surface area contributed by atoms with Crippen LogP contribution in [0.1, 0.15) is 39.6 Å². The van der Waals surface area contributed by atoms with Crippen LogP contribution in [0, 0.1) is 5.92 Å². The highest BCUT2D eigenvalue weighted by Gasteiger charge is 2.37. The van der Waals surface area contributed by atoms with Crippen molar-refractivity contribution in [3.05, 3.63) is 38.8 Å². The largest absolute Gasteiger partial charge is 0.397 e. The third kappa shape index (κ3) is 7.38. The van der Waals surface area contributed by atoms with Gasteiger partial charge in [0.05, 0.1) is 23.1 Å². The molecule has 2 aromatic rings. The Labute approximate surface area is 242 Å². The van der Waals surface area contributed by atoms with Crippen molar-refractivity contribution < 1.29 is 19.2 Å². The number of hydrogen-bond acceptors (Lipinski definition) is 8. The molecule has 1 aromatic carbocycles. The lowest BCUT2D eigenvalue weighted by atomic mass is 9.81. The molecule has 0 radical (unpaired) electrons.